The fraction of sp³-hybridized carbons (Fsp3) is 0.0149. The first-order valence-corrected chi connectivity index (χ1v) is 29.4. The van der Waals surface area contributed by atoms with Crippen molar-refractivity contribution in [2.24, 2.45) is 7.05 Å². The summed E-state index contributed by atoms with van der Waals surface area (Å²) in [6.45, 7) is 0. The Morgan fingerprint density at radius 1 is 0.432 bits per heavy atom. The summed E-state index contributed by atoms with van der Waals surface area (Å²) in [5, 5.41) is 12.7. The second-order valence-electron chi connectivity index (χ2n) is 19.3. The lowest BCUT2D eigenvalue weighted by Gasteiger charge is -2.45. The van der Waals surface area contributed by atoms with Crippen molar-refractivity contribution in [3.63, 3.8) is 0 Å². The van der Waals surface area contributed by atoms with Gasteiger partial charge in [0.25, 0.3) is 0 Å². The third-order valence-electron chi connectivity index (χ3n) is 15.6. The van der Waals surface area contributed by atoms with E-state index in [1.165, 1.54) is 52.9 Å². The number of anilines is 3. The Hall–Kier alpha value is -9.15. The number of aromatic nitrogens is 4. The molecule has 13 aromatic rings. The highest BCUT2D eigenvalue weighted by atomic mass is 28.3. The van der Waals surface area contributed by atoms with E-state index in [0.29, 0.717) is 0 Å². The molecule has 0 saturated carbocycles. The largest absolute Gasteiger partial charge is 0.327 e. The Balaban J connectivity index is 1.07. The number of aryl methyl sites for hydroxylation is 1. The summed E-state index contributed by atoms with van der Waals surface area (Å²) < 4.78 is 4.65. The quantitative estimate of drug-likeness (QED) is 0.107. The van der Waals surface area contributed by atoms with E-state index in [0.717, 1.165) is 55.7 Å². The molecule has 0 atom stereocenters. The van der Waals surface area contributed by atoms with Gasteiger partial charge in [0.15, 0.2) is 16.1 Å². The van der Waals surface area contributed by atoms with Crippen LogP contribution in [-0.4, -0.2) is 35.2 Å². The molecule has 7 heteroatoms. The molecule has 0 bridgehead atoms. The summed E-state index contributed by atoms with van der Waals surface area (Å²) in [7, 11) is -3.99. The van der Waals surface area contributed by atoms with Crippen LogP contribution in [0.1, 0.15) is 0 Å². The van der Waals surface area contributed by atoms with Crippen LogP contribution < -0.4 is 46.4 Å². The van der Waals surface area contributed by atoms with Crippen molar-refractivity contribution in [1.82, 2.24) is 19.1 Å². The first-order chi connectivity index (χ1) is 36.7. The maximum absolute atomic E-state index is 5.77. The topological polar surface area (TPSA) is 38.9 Å². The summed E-state index contributed by atoms with van der Waals surface area (Å²) in [4.78, 5) is 13.5. The second kappa shape index (κ2) is 17.6. The van der Waals surface area contributed by atoms with Gasteiger partial charge in [-0.1, -0.05) is 224 Å². The number of para-hydroxylation sites is 5. The zero-order chi connectivity index (χ0) is 49.2. The molecule has 3 aromatic heterocycles. The van der Waals surface area contributed by atoms with E-state index in [4.69, 9.17) is 9.97 Å². The molecule has 10 aromatic carbocycles. The smallest absolute Gasteiger partial charge is 0.186 e. The monoisotopic (exact) mass is 979 g/mol. The lowest BCUT2D eigenvalue weighted by Crippen LogP contribution is -2.77. The number of pyridine rings is 1. The zero-order valence-corrected chi connectivity index (χ0v) is 42.8. The molecule has 0 spiro atoms. The molecule has 0 N–H and O–H groups in total. The standard InChI is InChI=1S/C67H49N5Si2/c1-70-60-42-20-18-40-58(60)69-66(70)48-25-23-37-55(45-48)73(51-29-9-3-10-30-51,52-31-11-4-12-32-52)56-38-24-28-50(46-56)72-59-41-19-17-39-57(59)64-65-63(47-68-67(64)72)74(53-33-13-5-14-34-53,54-35-15-6-16-36-54)62-44-22-21-43-61(62)71(65)49-26-7-2-8-27-49/h2-47H,1H3. The summed E-state index contributed by atoms with van der Waals surface area (Å²) >= 11 is 0. The Morgan fingerprint density at radius 2 is 0.959 bits per heavy atom. The third kappa shape index (κ3) is 6.47. The molecule has 0 radical (unpaired) electrons. The predicted molar refractivity (Wildman–Crippen MR) is 314 cm³/mol. The molecule has 1 aliphatic heterocycles. The van der Waals surface area contributed by atoms with E-state index in [2.05, 4.69) is 300 Å². The van der Waals surface area contributed by atoms with Gasteiger partial charge >= 0.3 is 0 Å². The summed E-state index contributed by atoms with van der Waals surface area (Å²) in [6.07, 6.45) is 2.24. The third-order valence-corrected chi connectivity index (χ3v) is 25.1. The highest BCUT2D eigenvalue weighted by Crippen LogP contribution is 2.45. The van der Waals surface area contributed by atoms with E-state index in [1.807, 2.05) is 0 Å². The molecule has 0 amide bonds. The van der Waals surface area contributed by atoms with E-state index >= 15 is 0 Å². The Morgan fingerprint density at radius 3 is 1.64 bits per heavy atom. The minimum atomic E-state index is -3.09. The average molecular weight is 980 g/mol. The summed E-state index contributed by atoms with van der Waals surface area (Å²) in [5.74, 6) is 0.948. The summed E-state index contributed by atoms with van der Waals surface area (Å²) in [5.41, 5.74) is 9.76. The van der Waals surface area contributed by atoms with Crippen molar-refractivity contribution in [1.29, 1.82) is 0 Å². The second-order valence-corrected chi connectivity index (χ2v) is 26.9. The molecule has 1 aliphatic rings. The van der Waals surface area contributed by atoms with Gasteiger partial charge in [-0.05, 0) is 90.0 Å². The molecule has 0 saturated heterocycles. The SMILES string of the molecule is Cn1c(-c2cccc([Si](c3ccccc3)(c3ccccc3)c3cccc(-n4c5ccccc5c5c6c(cnc54)[Si](c4ccccc4)(c4ccccc4)c4ccccc4N6c4ccccc4)c3)c2)nc2ccccc21. The Labute approximate surface area is 432 Å². The van der Waals surface area contributed by atoms with Gasteiger partial charge < -0.3 is 9.47 Å². The molecule has 14 rings (SSSR count). The Bertz CT molecular complexity index is 4130. The molecule has 5 nitrogen and oxygen atoms in total. The van der Waals surface area contributed by atoms with Crippen LogP contribution in [-0.2, 0) is 7.05 Å². The van der Waals surface area contributed by atoms with Crippen LogP contribution in [0.5, 0.6) is 0 Å². The molecule has 0 unspecified atom stereocenters. The van der Waals surface area contributed by atoms with Gasteiger partial charge in [-0.3, -0.25) is 4.57 Å². The van der Waals surface area contributed by atoms with Crippen molar-refractivity contribution in [2.45, 2.75) is 0 Å². The number of benzene rings is 10. The van der Waals surface area contributed by atoms with Crippen LogP contribution in [0.25, 0.3) is 50.0 Å². The van der Waals surface area contributed by atoms with Gasteiger partial charge in [-0.2, -0.15) is 0 Å². The molecular formula is C67H49N5Si2. The summed E-state index contributed by atoms with van der Waals surface area (Å²) in [6, 6.07) is 101. The lowest BCUT2D eigenvalue weighted by atomic mass is 10.1. The van der Waals surface area contributed by atoms with Crippen LogP contribution in [0.15, 0.2) is 279 Å². The van der Waals surface area contributed by atoms with Crippen molar-refractivity contribution >= 4 is 108 Å². The minimum Gasteiger partial charge on any atom is -0.327 e. The highest BCUT2D eigenvalue weighted by molar-refractivity contribution is 7.21. The van der Waals surface area contributed by atoms with Crippen molar-refractivity contribution in [3.05, 3.63) is 279 Å². The molecule has 0 aliphatic carbocycles. The average Bonchev–Trinajstić information content (AvgIpc) is 4.05. The van der Waals surface area contributed by atoms with E-state index in [-0.39, 0.29) is 0 Å². The number of hydrogen-bond donors (Lipinski definition) is 0. The van der Waals surface area contributed by atoms with Gasteiger partial charge in [-0.25, -0.2) is 9.97 Å². The van der Waals surface area contributed by atoms with Crippen LogP contribution >= 0.6 is 0 Å². The number of rotatable bonds is 9. The number of hydrogen-bond acceptors (Lipinski definition) is 3. The first-order valence-electron chi connectivity index (χ1n) is 25.4. The van der Waals surface area contributed by atoms with Crippen LogP contribution in [0.2, 0.25) is 0 Å². The van der Waals surface area contributed by atoms with Gasteiger partial charge in [0.2, 0.25) is 0 Å². The van der Waals surface area contributed by atoms with Gasteiger partial charge in [0.05, 0.1) is 27.6 Å². The lowest BCUT2D eigenvalue weighted by molar-refractivity contribution is 0.959. The van der Waals surface area contributed by atoms with Crippen LogP contribution in [0.4, 0.5) is 17.1 Å². The fourth-order valence-corrected chi connectivity index (χ4v) is 22.3. The van der Waals surface area contributed by atoms with Gasteiger partial charge in [0.1, 0.15) is 11.5 Å². The first kappa shape index (κ1) is 43.6. The van der Waals surface area contributed by atoms with E-state index in [9.17, 15) is 0 Å². The highest BCUT2D eigenvalue weighted by Gasteiger charge is 2.50. The van der Waals surface area contributed by atoms with E-state index in [1.54, 1.807) is 0 Å². The maximum atomic E-state index is 5.77. The molecule has 4 heterocycles. The molecule has 74 heavy (non-hydrogen) atoms. The van der Waals surface area contributed by atoms with E-state index < -0.39 is 16.1 Å². The van der Waals surface area contributed by atoms with Gasteiger partial charge in [0, 0.05) is 41.3 Å². The van der Waals surface area contributed by atoms with Crippen LogP contribution in [0.3, 0.4) is 0 Å². The number of nitrogens with zero attached hydrogens (tertiary/aromatic N) is 5. The molecular weight excluding hydrogens is 931 g/mol. The van der Waals surface area contributed by atoms with Crippen molar-refractivity contribution in [2.75, 3.05) is 4.90 Å². The number of imidazole rings is 1. The van der Waals surface area contributed by atoms with Gasteiger partial charge in [-0.15, -0.1) is 0 Å². The molecule has 0 fully saturated rings. The number of fused-ring (bicyclic) bond motifs is 7. The maximum Gasteiger partial charge on any atom is 0.186 e. The predicted octanol–water partition coefficient (Wildman–Crippen LogP) is 10.3. The normalized spacial score (nSPS) is 13.0. The van der Waals surface area contributed by atoms with Crippen molar-refractivity contribution < 1.29 is 0 Å². The fourth-order valence-electron chi connectivity index (χ4n) is 12.5. The van der Waals surface area contributed by atoms with Crippen LogP contribution in [0, 0.1) is 0 Å². The minimum absolute atomic E-state index is 0.918. The Kier molecular flexibility index (Phi) is 10.4. The molecule has 350 valence electrons. The zero-order valence-electron chi connectivity index (χ0n) is 40.8. The van der Waals surface area contributed by atoms with Crippen molar-refractivity contribution in [3.8, 4) is 17.1 Å².